The van der Waals surface area contributed by atoms with Crippen molar-refractivity contribution in [2.24, 2.45) is 5.92 Å². The standard InChI is InChI=1S/C12H24N2O/c1-4-6-10(2)13-12(15)11-7-5-8-14(3)9-11/h10-11H,4-9H2,1-3H3,(H,13,15). The minimum Gasteiger partial charge on any atom is -0.353 e. The minimum absolute atomic E-state index is 0.211. The maximum Gasteiger partial charge on any atom is 0.224 e. The Hall–Kier alpha value is -0.570. The number of nitrogens with zero attached hydrogens (tertiary/aromatic N) is 1. The molecule has 0 saturated carbocycles. The molecular weight excluding hydrogens is 188 g/mol. The van der Waals surface area contributed by atoms with Crippen molar-refractivity contribution in [3.8, 4) is 0 Å². The molecule has 0 radical (unpaired) electrons. The van der Waals surface area contributed by atoms with Gasteiger partial charge in [-0.2, -0.15) is 0 Å². The highest BCUT2D eigenvalue weighted by atomic mass is 16.2. The summed E-state index contributed by atoms with van der Waals surface area (Å²) >= 11 is 0. The van der Waals surface area contributed by atoms with Crippen molar-refractivity contribution in [3.63, 3.8) is 0 Å². The molecule has 1 saturated heterocycles. The number of carbonyl (C=O) groups is 1. The Labute approximate surface area is 93.2 Å². The van der Waals surface area contributed by atoms with Crippen LogP contribution in [0.2, 0.25) is 0 Å². The predicted molar refractivity (Wildman–Crippen MR) is 62.7 cm³/mol. The van der Waals surface area contributed by atoms with E-state index in [2.05, 4.69) is 31.1 Å². The van der Waals surface area contributed by atoms with E-state index in [1.54, 1.807) is 0 Å². The predicted octanol–water partition coefficient (Wildman–Crippen LogP) is 1.63. The average molecular weight is 212 g/mol. The third kappa shape index (κ3) is 4.20. The highest BCUT2D eigenvalue weighted by molar-refractivity contribution is 5.79. The summed E-state index contributed by atoms with van der Waals surface area (Å²) < 4.78 is 0. The summed E-state index contributed by atoms with van der Waals surface area (Å²) in [5.41, 5.74) is 0. The van der Waals surface area contributed by atoms with Gasteiger partial charge in [-0.25, -0.2) is 0 Å². The summed E-state index contributed by atoms with van der Waals surface area (Å²) in [6.07, 6.45) is 4.41. The normalized spacial score (nSPS) is 24.9. The Morgan fingerprint density at radius 3 is 2.93 bits per heavy atom. The molecule has 2 unspecified atom stereocenters. The zero-order valence-corrected chi connectivity index (χ0v) is 10.3. The number of rotatable bonds is 4. The molecule has 0 bridgehead atoms. The lowest BCUT2D eigenvalue weighted by Gasteiger charge is -2.29. The van der Waals surface area contributed by atoms with Crippen LogP contribution in [0.25, 0.3) is 0 Å². The number of hydrogen-bond acceptors (Lipinski definition) is 2. The van der Waals surface area contributed by atoms with Crippen molar-refractivity contribution in [2.45, 2.75) is 45.6 Å². The zero-order valence-electron chi connectivity index (χ0n) is 10.3. The molecule has 15 heavy (non-hydrogen) atoms. The first-order chi connectivity index (χ1) is 7.13. The van der Waals surface area contributed by atoms with E-state index < -0.39 is 0 Å². The van der Waals surface area contributed by atoms with Crippen LogP contribution in [0.3, 0.4) is 0 Å². The molecule has 0 aromatic carbocycles. The Kier molecular flexibility index (Phi) is 5.09. The first-order valence-corrected chi connectivity index (χ1v) is 6.12. The topological polar surface area (TPSA) is 32.3 Å². The van der Waals surface area contributed by atoms with Gasteiger partial charge in [-0.1, -0.05) is 13.3 Å². The Balaban J connectivity index is 2.32. The lowest BCUT2D eigenvalue weighted by molar-refractivity contribution is -0.127. The number of nitrogens with one attached hydrogen (secondary N) is 1. The van der Waals surface area contributed by atoms with Gasteiger partial charge in [0.15, 0.2) is 0 Å². The summed E-state index contributed by atoms with van der Waals surface area (Å²) in [5, 5.41) is 3.11. The van der Waals surface area contributed by atoms with E-state index in [1.165, 1.54) is 0 Å². The van der Waals surface area contributed by atoms with Crippen molar-refractivity contribution < 1.29 is 4.79 Å². The van der Waals surface area contributed by atoms with Crippen molar-refractivity contribution >= 4 is 5.91 Å². The second-order valence-electron chi connectivity index (χ2n) is 4.80. The van der Waals surface area contributed by atoms with Gasteiger partial charge in [0, 0.05) is 12.6 Å². The van der Waals surface area contributed by atoms with Crippen LogP contribution in [0, 0.1) is 5.92 Å². The molecule has 0 spiro atoms. The van der Waals surface area contributed by atoms with Gasteiger partial charge in [0.2, 0.25) is 5.91 Å². The molecule has 1 fully saturated rings. The largest absolute Gasteiger partial charge is 0.353 e. The maximum atomic E-state index is 11.9. The van der Waals surface area contributed by atoms with Crippen LogP contribution < -0.4 is 5.32 Å². The molecule has 2 atom stereocenters. The van der Waals surface area contributed by atoms with E-state index in [9.17, 15) is 4.79 Å². The van der Waals surface area contributed by atoms with E-state index in [4.69, 9.17) is 0 Å². The van der Waals surface area contributed by atoms with Gasteiger partial charge in [0.1, 0.15) is 0 Å². The Morgan fingerprint density at radius 1 is 1.60 bits per heavy atom. The third-order valence-electron chi connectivity index (χ3n) is 3.11. The highest BCUT2D eigenvalue weighted by Gasteiger charge is 2.24. The summed E-state index contributed by atoms with van der Waals surface area (Å²) in [6, 6.07) is 0.328. The molecule has 1 aliphatic heterocycles. The van der Waals surface area contributed by atoms with Gasteiger partial charge in [0.05, 0.1) is 5.92 Å². The van der Waals surface area contributed by atoms with Crippen LogP contribution in [0.4, 0.5) is 0 Å². The smallest absolute Gasteiger partial charge is 0.224 e. The lowest BCUT2D eigenvalue weighted by atomic mass is 9.97. The maximum absolute atomic E-state index is 11.9. The molecule has 3 nitrogen and oxygen atoms in total. The SMILES string of the molecule is CCCC(C)NC(=O)C1CCCN(C)C1. The van der Waals surface area contributed by atoms with Crippen LogP contribution in [0.5, 0.6) is 0 Å². The molecule has 0 aliphatic carbocycles. The number of likely N-dealkylation sites (tertiary alicyclic amines) is 1. The summed E-state index contributed by atoms with van der Waals surface area (Å²) in [5.74, 6) is 0.463. The van der Waals surface area contributed by atoms with Crippen molar-refractivity contribution in [2.75, 3.05) is 20.1 Å². The second kappa shape index (κ2) is 6.11. The van der Waals surface area contributed by atoms with E-state index in [0.717, 1.165) is 38.8 Å². The minimum atomic E-state index is 0.211. The second-order valence-corrected chi connectivity index (χ2v) is 4.80. The number of hydrogen-bond donors (Lipinski definition) is 1. The third-order valence-corrected chi connectivity index (χ3v) is 3.11. The monoisotopic (exact) mass is 212 g/mol. The first kappa shape index (κ1) is 12.5. The van der Waals surface area contributed by atoms with Crippen LogP contribution >= 0.6 is 0 Å². The van der Waals surface area contributed by atoms with E-state index in [-0.39, 0.29) is 11.8 Å². The number of amides is 1. The highest BCUT2D eigenvalue weighted by Crippen LogP contribution is 2.15. The van der Waals surface area contributed by atoms with Crippen molar-refractivity contribution in [3.05, 3.63) is 0 Å². The Morgan fingerprint density at radius 2 is 2.33 bits per heavy atom. The Bertz CT molecular complexity index is 206. The van der Waals surface area contributed by atoms with Gasteiger partial charge in [0.25, 0.3) is 0 Å². The molecular formula is C12H24N2O. The van der Waals surface area contributed by atoms with Crippen molar-refractivity contribution in [1.82, 2.24) is 10.2 Å². The van der Waals surface area contributed by atoms with E-state index in [1.807, 2.05) is 0 Å². The van der Waals surface area contributed by atoms with Gasteiger partial charge >= 0.3 is 0 Å². The fourth-order valence-corrected chi connectivity index (χ4v) is 2.25. The molecule has 1 heterocycles. The molecule has 1 aliphatic rings. The molecule has 1 rings (SSSR count). The molecule has 3 heteroatoms. The average Bonchev–Trinajstić information content (AvgIpc) is 2.18. The zero-order chi connectivity index (χ0) is 11.3. The summed E-state index contributed by atoms with van der Waals surface area (Å²) in [4.78, 5) is 14.1. The summed E-state index contributed by atoms with van der Waals surface area (Å²) in [7, 11) is 2.09. The van der Waals surface area contributed by atoms with Crippen LogP contribution in [-0.4, -0.2) is 37.0 Å². The van der Waals surface area contributed by atoms with E-state index >= 15 is 0 Å². The van der Waals surface area contributed by atoms with Crippen LogP contribution in [-0.2, 0) is 4.79 Å². The molecule has 88 valence electrons. The van der Waals surface area contributed by atoms with Crippen LogP contribution in [0.1, 0.15) is 39.5 Å². The fourth-order valence-electron chi connectivity index (χ4n) is 2.25. The van der Waals surface area contributed by atoms with Gasteiger partial charge < -0.3 is 10.2 Å². The fraction of sp³-hybridized carbons (Fsp3) is 0.917. The van der Waals surface area contributed by atoms with Crippen LogP contribution in [0.15, 0.2) is 0 Å². The lowest BCUT2D eigenvalue weighted by Crippen LogP contribution is -2.44. The molecule has 1 amide bonds. The first-order valence-electron chi connectivity index (χ1n) is 6.12. The van der Waals surface area contributed by atoms with Gasteiger partial charge in [-0.15, -0.1) is 0 Å². The van der Waals surface area contributed by atoms with E-state index in [0.29, 0.717) is 6.04 Å². The number of piperidine rings is 1. The molecule has 0 aromatic rings. The molecule has 1 N–H and O–H groups in total. The van der Waals surface area contributed by atoms with Gasteiger partial charge in [-0.05, 0) is 39.8 Å². The van der Waals surface area contributed by atoms with Crippen molar-refractivity contribution in [1.29, 1.82) is 0 Å². The number of carbonyl (C=O) groups excluding carboxylic acids is 1. The molecule has 0 aromatic heterocycles. The van der Waals surface area contributed by atoms with Gasteiger partial charge in [-0.3, -0.25) is 4.79 Å². The summed E-state index contributed by atoms with van der Waals surface area (Å²) in [6.45, 7) is 6.30. The quantitative estimate of drug-likeness (QED) is 0.768.